The number of aliphatic hydroxyl groups is 1. The molecule has 0 aliphatic carbocycles. The lowest BCUT2D eigenvalue weighted by Crippen LogP contribution is -2.47. The molecule has 0 saturated carbocycles. The molecule has 5 heteroatoms. The Hall–Kier alpha value is -1.36. The maximum absolute atomic E-state index is 10.6. The number of amides is 1. The summed E-state index contributed by atoms with van der Waals surface area (Å²) < 4.78 is 0. The molecule has 1 amide bonds. The summed E-state index contributed by atoms with van der Waals surface area (Å²) in [5, 5.41) is 19.4. The first-order valence-electron chi connectivity index (χ1n) is 3.33. The van der Waals surface area contributed by atoms with E-state index in [4.69, 9.17) is 10.2 Å². The van der Waals surface area contributed by atoms with E-state index in [0.29, 0.717) is 0 Å². The van der Waals surface area contributed by atoms with E-state index >= 15 is 0 Å². The summed E-state index contributed by atoms with van der Waals surface area (Å²) >= 11 is 0. The van der Waals surface area contributed by atoms with Crippen LogP contribution < -0.4 is 5.32 Å². The molecule has 0 rings (SSSR count). The molecule has 0 aliphatic rings. The van der Waals surface area contributed by atoms with E-state index in [9.17, 15) is 9.59 Å². The van der Waals surface area contributed by atoms with Gasteiger partial charge < -0.3 is 15.5 Å². The molecular formula is C7H11NO4. The SMILES string of the molecule is C=CC(=O)NC(C(=O)O)C(C)O. The Bertz CT molecular complexity index is 200. The summed E-state index contributed by atoms with van der Waals surface area (Å²) in [6, 6.07) is -1.28. The van der Waals surface area contributed by atoms with Crippen molar-refractivity contribution in [2.24, 2.45) is 0 Å². The van der Waals surface area contributed by atoms with Crippen LogP contribution in [-0.4, -0.2) is 34.2 Å². The van der Waals surface area contributed by atoms with Gasteiger partial charge >= 0.3 is 5.97 Å². The van der Waals surface area contributed by atoms with E-state index in [-0.39, 0.29) is 0 Å². The predicted octanol–water partition coefficient (Wildman–Crippen LogP) is -0.877. The number of aliphatic carboxylic acids is 1. The zero-order valence-electron chi connectivity index (χ0n) is 6.65. The lowest BCUT2D eigenvalue weighted by atomic mass is 10.2. The van der Waals surface area contributed by atoms with Crippen molar-refractivity contribution in [1.29, 1.82) is 0 Å². The van der Waals surface area contributed by atoms with Crippen molar-refractivity contribution >= 4 is 11.9 Å². The summed E-state index contributed by atoms with van der Waals surface area (Å²) in [6.45, 7) is 4.43. The molecule has 0 radical (unpaired) electrons. The molecule has 0 aliphatic heterocycles. The van der Waals surface area contributed by atoms with E-state index in [1.165, 1.54) is 6.92 Å². The topological polar surface area (TPSA) is 86.6 Å². The highest BCUT2D eigenvalue weighted by Crippen LogP contribution is 1.92. The molecular weight excluding hydrogens is 162 g/mol. The molecule has 0 aromatic carbocycles. The Morgan fingerprint density at radius 2 is 2.08 bits per heavy atom. The number of nitrogens with one attached hydrogen (secondary N) is 1. The number of rotatable bonds is 4. The van der Waals surface area contributed by atoms with Gasteiger partial charge in [-0.05, 0) is 13.0 Å². The highest BCUT2D eigenvalue weighted by Gasteiger charge is 2.23. The van der Waals surface area contributed by atoms with Crippen molar-refractivity contribution in [2.75, 3.05) is 0 Å². The number of carbonyl (C=O) groups is 2. The highest BCUT2D eigenvalue weighted by atomic mass is 16.4. The van der Waals surface area contributed by atoms with Crippen LogP contribution in [0.2, 0.25) is 0 Å². The van der Waals surface area contributed by atoms with Gasteiger partial charge in [-0.2, -0.15) is 0 Å². The summed E-state index contributed by atoms with van der Waals surface area (Å²) in [4.78, 5) is 21.0. The van der Waals surface area contributed by atoms with Gasteiger partial charge in [0.05, 0.1) is 6.10 Å². The molecule has 2 unspecified atom stereocenters. The highest BCUT2D eigenvalue weighted by molar-refractivity contribution is 5.90. The van der Waals surface area contributed by atoms with Crippen LogP contribution in [0.25, 0.3) is 0 Å². The molecule has 5 nitrogen and oxygen atoms in total. The van der Waals surface area contributed by atoms with Gasteiger partial charge in [0.15, 0.2) is 6.04 Å². The van der Waals surface area contributed by atoms with E-state index in [2.05, 4.69) is 11.9 Å². The normalized spacial score (nSPS) is 14.5. The average molecular weight is 173 g/mol. The lowest BCUT2D eigenvalue weighted by Gasteiger charge is -2.15. The Kier molecular flexibility index (Phi) is 3.99. The van der Waals surface area contributed by atoms with Crippen LogP contribution in [0.3, 0.4) is 0 Å². The first-order valence-corrected chi connectivity index (χ1v) is 3.33. The largest absolute Gasteiger partial charge is 0.480 e. The first-order chi connectivity index (χ1) is 5.49. The zero-order chi connectivity index (χ0) is 9.72. The number of carboxylic acids is 1. The van der Waals surface area contributed by atoms with E-state index in [1.807, 2.05) is 0 Å². The van der Waals surface area contributed by atoms with Crippen LogP contribution >= 0.6 is 0 Å². The molecule has 68 valence electrons. The third-order valence-electron chi connectivity index (χ3n) is 1.23. The monoisotopic (exact) mass is 173 g/mol. The quantitative estimate of drug-likeness (QED) is 0.482. The summed E-state index contributed by atoms with van der Waals surface area (Å²) in [7, 11) is 0. The number of aliphatic hydroxyl groups excluding tert-OH is 1. The van der Waals surface area contributed by atoms with Gasteiger partial charge in [0.2, 0.25) is 5.91 Å². The zero-order valence-corrected chi connectivity index (χ0v) is 6.65. The molecule has 0 aromatic heterocycles. The second-order valence-electron chi connectivity index (χ2n) is 2.27. The number of hydrogen-bond acceptors (Lipinski definition) is 3. The van der Waals surface area contributed by atoms with Crippen molar-refractivity contribution in [3.63, 3.8) is 0 Å². The maximum atomic E-state index is 10.6. The predicted molar refractivity (Wildman–Crippen MR) is 41.4 cm³/mol. The standard InChI is InChI=1S/C7H11NO4/c1-3-5(10)8-6(4(2)9)7(11)12/h3-4,6,9H,1H2,2H3,(H,8,10)(H,11,12). The van der Waals surface area contributed by atoms with Crippen molar-refractivity contribution in [3.8, 4) is 0 Å². The van der Waals surface area contributed by atoms with Crippen molar-refractivity contribution in [2.45, 2.75) is 19.1 Å². The van der Waals surface area contributed by atoms with Gasteiger partial charge in [-0.25, -0.2) is 4.79 Å². The van der Waals surface area contributed by atoms with Crippen LogP contribution in [0.4, 0.5) is 0 Å². The molecule has 0 heterocycles. The van der Waals surface area contributed by atoms with Gasteiger partial charge in [-0.1, -0.05) is 6.58 Å². The Labute approximate surface area is 69.7 Å². The minimum Gasteiger partial charge on any atom is -0.480 e. The van der Waals surface area contributed by atoms with Crippen LogP contribution in [-0.2, 0) is 9.59 Å². The van der Waals surface area contributed by atoms with Gasteiger partial charge in [-0.15, -0.1) is 0 Å². The Balaban J connectivity index is 4.23. The lowest BCUT2D eigenvalue weighted by molar-refractivity contribution is -0.144. The number of carbonyl (C=O) groups excluding carboxylic acids is 1. The summed E-state index contributed by atoms with van der Waals surface area (Å²) in [6.07, 6.45) is -0.190. The van der Waals surface area contributed by atoms with Crippen molar-refractivity contribution in [3.05, 3.63) is 12.7 Å². The molecule has 3 N–H and O–H groups in total. The molecule has 0 bridgehead atoms. The molecule has 0 fully saturated rings. The number of hydrogen-bond donors (Lipinski definition) is 3. The second-order valence-corrected chi connectivity index (χ2v) is 2.27. The Morgan fingerprint density at radius 1 is 1.58 bits per heavy atom. The van der Waals surface area contributed by atoms with Crippen molar-refractivity contribution in [1.82, 2.24) is 5.32 Å². The van der Waals surface area contributed by atoms with Crippen LogP contribution in [0.5, 0.6) is 0 Å². The van der Waals surface area contributed by atoms with Gasteiger partial charge in [-0.3, -0.25) is 4.79 Å². The third kappa shape index (κ3) is 3.16. The number of carboxylic acid groups (broad SMARTS) is 1. The first kappa shape index (κ1) is 10.6. The molecule has 12 heavy (non-hydrogen) atoms. The summed E-state index contributed by atoms with van der Waals surface area (Å²) in [5.41, 5.74) is 0. The van der Waals surface area contributed by atoms with Crippen molar-refractivity contribution < 1.29 is 19.8 Å². The van der Waals surface area contributed by atoms with E-state index in [1.54, 1.807) is 0 Å². The Morgan fingerprint density at radius 3 is 2.33 bits per heavy atom. The minimum atomic E-state index is -1.28. The molecule has 2 atom stereocenters. The minimum absolute atomic E-state index is 0.622. The molecule has 0 aromatic rings. The van der Waals surface area contributed by atoms with E-state index < -0.39 is 24.0 Å². The smallest absolute Gasteiger partial charge is 0.328 e. The fraction of sp³-hybridized carbons (Fsp3) is 0.429. The molecule has 0 saturated heterocycles. The summed E-state index contributed by atoms with van der Waals surface area (Å²) in [5.74, 6) is -1.90. The van der Waals surface area contributed by atoms with Crippen LogP contribution in [0.15, 0.2) is 12.7 Å². The average Bonchev–Trinajstić information content (AvgIpc) is 1.98. The van der Waals surface area contributed by atoms with E-state index in [0.717, 1.165) is 6.08 Å². The van der Waals surface area contributed by atoms with Gasteiger partial charge in [0, 0.05) is 0 Å². The fourth-order valence-electron chi connectivity index (χ4n) is 0.601. The second kappa shape index (κ2) is 4.50. The van der Waals surface area contributed by atoms with Gasteiger partial charge in [0.1, 0.15) is 0 Å². The fourth-order valence-corrected chi connectivity index (χ4v) is 0.601. The third-order valence-corrected chi connectivity index (χ3v) is 1.23. The van der Waals surface area contributed by atoms with Gasteiger partial charge in [0.25, 0.3) is 0 Å². The molecule has 0 spiro atoms. The van der Waals surface area contributed by atoms with Crippen LogP contribution in [0, 0.1) is 0 Å². The maximum Gasteiger partial charge on any atom is 0.328 e. The van der Waals surface area contributed by atoms with Crippen LogP contribution in [0.1, 0.15) is 6.92 Å².